The van der Waals surface area contributed by atoms with E-state index in [2.05, 4.69) is 0 Å². The molecule has 3 heteroatoms. The molecule has 0 radical (unpaired) electrons. The summed E-state index contributed by atoms with van der Waals surface area (Å²) in [6.07, 6.45) is -0.551. The molecule has 0 amide bonds. The number of benzene rings is 2. The molecule has 2 aromatic rings. The van der Waals surface area contributed by atoms with Gasteiger partial charge in [-0.3, -0.25) is 0 Å². The van der Waals surface area contributed by atoms with Crippen LogP contribution in [0.5, 0.6) is 5.75 Å². The zero-order valence-electron chi connectivity index (χ0n) is 11.0. The highest BCUT2D eigenvalue weighted by Crippen LogP contribution is 2.24. The molecule has 2 aromatic carbocycles. The lowest BCUT2D eigenvalue weighted by atomic mass is 10.1. The summed E-state index contributed by atoms with van der Waals surface area (Å²) in [5.74, 6) is 0.658. The van der Waals surface area contributed by atoms with Crippen LogP contribution in [0.15, 0.2) is 54.6 Å². The molecule has 1 N–H and O–H groups in total. The van der Waals surface area contributed by atoms with Gasteiger partial charge in [-0.25, -0.2) is 0 Å². The molecule has 0 aromatic heterocycles. The van der Waals surface area contributed by atoms with E-state index in [-0.39, 0.29) is 6.79 Å². The fourth-order valence-electron chi connectivity index (χ4n) is 1.80. The Balaban J connectivity index is 1.83. The van der Waals surface area contributed by atoms with Gasteiger partial charge < -0.3 is 14.6 Å². The van der Waals surface area contributed by atoms with Gasteiger partial charge in [-0.15, -0.1) is 0 Å². The van der Waals surface area contributed by atoms with E-state index in [1.54, 1.807) is 6.92 Å². The van der Waals surface area contributed by atoms with E-state index in [9.17, 15) is 5.11 Å². The lowest BCUT2D eigenvalue weighted by Gasteiger charge is -2.13. The van der Waals surface area contributed by atoms with Crippen LogP contribution in [0.2, 0.25) is 0 Å². The first-order valence-electron chi connectivity index (χ1n) is 6.29. The van der Waals surface area contributed by atoms with Crippen LogP contribution in [0.25, 0.3) is 0 Å². The second kappa shape index (κ2) is 6.92. The molecular weight excluding hydrogens is 240 g/mol. The van der Waals surface area contributed by atoms with E-state index in [0.29, 0.717) is 12.4 Å². The molecule has 0 aliphatic heterocycles. The largest absolute Gasteiger partial charge is 0.467 e. The number of ether oxygens (including phenoxy) is 2. The highest BCUT2D eigenvalue weighted by atomic mass is 16.7. The van der Waals surface area contributed by atoms with Crippen LogP contribution in [-0.4, -0.2) is 11.9 Å². The van der Waals surface area contributed by atoms with Gasteiger partial charge in [0.15, 0.2) is 6.79 Å². The normalized spacial score (nSPS) is 12.1. The average molecular weight is 258 g/mol. The summed E-state index contributed by atoms with van der Waals surface area (Å²) in [6.45, 7) is 2.39. The van der Waals surface area contributed by atoms with Crippen LogP contribution in [-0.2, 0) is 11.3 Å². The van der Waals surface area contributed by atoms with Crippen LogP contribution >= 0.6 is 0 Å². The first-order chi connectivity index (χ1) is 9.27. The third-order valence-electron chi connectivity index (χ3n) is 2.78. The van der Waals surface area contributed by atoms with Crippen molar-refractivity contribution in [1.29, 1.82) is 0 Å². The predicted molar refractivity (Wildman–Crippen MR) is 73.8 cm³/mol. The topological polar surface area (TPSA) is 38.7 Å². The van der Waals surface area contributed by atoms with Crippen LogP contribution in [0.3, 0.4) is 0 Å². The Hall–Kier alpha value is -1.84. The number of aliphatic hydroxyl groups is 1. The second-order valence-electron chi connectivity index (χ2n) is 4.31. The number of hydrogen-bond donors (Lipinski definition) is 1. The molecule has 1 atom stereocenters. The van der Waals surface area contributed by atoms with Crippen molar-refractivity contribution in [2.75, 3.05) is 6.79 Å². The number of hydrogen-bond acceptors (Lipinski definition) is 3. The SMILES string of the molecule is CC(O)c1ccccc1OCOCc1ccccc1. The monoisotopic (exact) mass is 258 g/mol. The first kappa shape index (κ1) is 13.6. The summed E-state index contributed by atoms with van der Waals surface area (Å²) < 4.78 is 11.0. The highest BCUT2D eigenvalue weighted by molar-refractivity contribution is 5.34. The maximum atomic E-state index is 9.62. The zero-order valence-corrected chi connectivity index (χ0v) is 11.0. The molecule has 2 rings (SSSR count). The number of para-hydroxylation sites is 1. The molecule has 100 valence electrons. The maximum Gasteiger partial charge on any atom is 0.189 e. The summed E-state index contributed by atoms with van der Waals surface area (Å²) in [5, 5.41) is 9.62. The van der Waals surface area contributed by atoms with E-state index in [4.69, 9.17) is 9.47 Å². The van der Waals surface area contributed by atoms with Crippen molar-refractivity contribution in [2.45, 2.75) is 19.6 Å². The lowest BCUT2D eigenvalue weighted by Crippen LogP contribution is -2.05. The quantitative estimate of drug-likeness (QED) is 0.638. The van der Waals surface area contributed by atoms with E-state index in [0.717, 1.165) is 11.1 Å². The third-order valence-corrected chi connectivity index (χ3v) is 2.78. The van der Waals surface area contributed by atoms with Crippen molar-refractivity contribution in [3.63, 3.8) is 0 Å². The van der Waals surface area contributed by atoms with Crippen molar-refractivity contribution in [3.05, 3.63) is 65.7 Å². The van der Waals surface area contributed by atoms with Gasteiger partial charge in [0.2, 0.25) is 0 Å². The molecule has 1 unspecified atom stereocenters. The fraction of sp³-hybridized carbons (Fsp3) is 0.250. The second-order valence-corrected chi connectivity index (χ2v) is 4.31. The number of rotatable bonds is 6. The van der Waals surface area contributed by atoms with Gasteiger partial charge in [-0.1, -0.05) is 48.5 Å². The molecule has 0 spiro atoms. The van der Waals surface area contributed by atoms with Gasteiger partial charge in [-0.05, 0) is 18.6 Å². The van der Waals surface area contributed by atoms with Crippen molar-refractivity contribution < 1.29 is 14.6 Å². The van der Waals surface area contributed by atoms with Crippen LogP contribution < -0.4 is 4.74 Å². The van der Waals surface area contributed by atoms with Gasteiger partial charge >= 0.3 is 0 Å². The van der Waals surface area contributed by atoms with Crippen molar-refractivity contribution in [3.8, 4) is 5.75 Å². The zero-order chi connectivity index (χ0) is 13.5. The molecule has 0 saturated heterocycles. The molecule has 3 nitrogen and oxygen atoms in total. The molecule has 0 fully saturated rings. The standard InChI is InChI=1S/C16H18O3/c1-13(17)15-9-5-6-10-16(15)19-12-18-11-14-7-3-2-4-8-14/h2-10,13,17H,11-12H2,1H3. The van der Waals surface area contributed by atoms with Gasteiger partial charge in [0.25, 0.3) is 0 Å². The van der Waals surface area contributed by atoms with Crippen LogP contribution in [0, 0.1) is 0 Å². The van der Waals surface area contributed by atoms with Crippen molar-refractivity contribution >= 4 is 0 Å². The van der Waals surface area contributed by atoms with Crippen molar-refractivity contribution in [1.82, 2.24) is 0 Å². The Kier molecular flexibility index (Phi) is 4.95. The summed E-state index contributed by atoms with van der Waals surface area (Å²) >= 11 is 0. The number of aliphatic hydroxyl groups excluding tert-OH is 1. The van der Waals surface area contributed by atoms with Crippen LogP contribution in [0.1, 0.15) is 24.2 Å². The lowest BCUT2D eigenvalue weighted by molar-refractivity contribution is 0.00343. The minimum atomic E-state index is -0.551. The maximum absolute atomic E-state index is 9.62. The summed E-state index contributed by atoms with van der Waals surface area (Å²) in [7, 11) is 0. The van der Waals surface area contributed by atoms with E-state index >= 15 is 0 Å². The fourth-order valence-corrected chi connectivity index (χ4v) is 1.80. The summed E-state index contributed by atoms with van der Waals surface area (Å²) in [4.78, 5) is 0. The molecule has 19 heavy (non-hydrogen) atoms. The van der Waals surface area contributed by atoms with Gasteiger partial charge in [-0.2, -0.15) is 0 Å². The minimum Gasteiger partial charge on any atom is -0.467 e. The Labute approximate surface area is 113 Å². The summed E-state index contributed by atoms with van der Waals surface area (Å²) in [6, 6.07) is 17.3. The Morgan fingerprint density at radius 2 is 1.68 bits per heavy atom. The molecular formula is C16H18O3. The highest BCUT2D eigenvalue weighted by Gasteiger charge is 2.07. The third kappa shape index (κ3) is 4.09. The Morgan fingerprint density at radius 3 is 2.42 bits per heavy atom. The molecule has 0 aliphatic rings. The van der Waals surface area contributed by atoms with Gasteiger partial charge in [0, 0.05) is 5.56 Å². The predicted octanol–water partition coefficient (Wildman–Crippen LogP) is 3.29. The average Bonchev–Trinajstić information content (AvgIpc) is 2.45. The molecule has 0 aliphatic carbocycles. The van der Waals surface area contributed by atoms with Crippen LogP contribution in [0.4, 0.5) is 0 Å². The Morgan fingerprint density at radius 1 is 1.00 bits per heavy atom. The minimum absolute atomic E-state index is 0.165. The van der Waals surface area contributed by atoms with E-state index < -0.39 is 6.10 Å². The molecule has 0 heterocycles. The molecule has 0 bridgehead atoms. The van der Waals surface area contributed by atoms with Gasteiger partial charge in [0.1, 0.15) is 5.75 Å². The van der Waals surface area contributed by atoms with E-state index in [1.165, 1.54) is 0 Å². The smallest absolute Gasteiger partial charge is 0.189 e. The first-order valence-corrected chi connectivity index (χ1v) is 6.29. The van der Waals surface area contributed by atoms with Crippen molar-refractivity contribution in [2.24, 2.45) is 0 Å². The summed E-state index contributed by atoms with van der Waals surface area (Å²) in [5.41, 5.74) is 1.88. The van der Waals surface area contributed by atoms with Gasteiger partial charge in [0.05, 0.1) is 12.7 Å². The Bertz CT molecular complexity index is 494. The van der Waals surface area contributed by atoms with E-state index in [1.807, 2.05) is 54.6 Å². The molecule has 0 saturated carbocycles.